The molecule has 0 spiro atoms. The molecule has 0 saturated heterocycles. The molecule has 0 aromatic carbocycles. The lowest BCUT2D eigenvalue weighted by Crippen LogP contribution is -2.35. The van der Waals surface area contributed by atoms with Crippen LogP contribution in [-0.2, 0) is 4.74 Å². The van der Waals surface area contributed by atoms with Crippen molar-refractivity contribution in [2.75, 3.05) is 13.7 Å². The Morgan fingerprint density at radius 3 is 2.18 bits per heavy atom. The summed E-state index contributed by atoms with van der Waals surface area (Å²) in [5.41, 5.74) is 0. The van der Waals surface area contributed by atoms with E-state index < -0.39 is 6.61 Å². The van der Waals surface area contributed by atoms with Gasteiger partial charge in [-0.05, 0) is 13.0 Å². The van der Waals surface area contributed by atoms with Gasteiger partial charge in [0.25, 0.3) is 0 Å². The molecule has 0 saturated carbocycles. The summed E-state index contributed by atoms with van der Waals surface area (Å²) in [5, 5.41) is 2.90. The van der Waals surface area contributed by atoms with E-state index in [1.54, 1.807) is 7.05 Å². The van der Waals surface area contributed by atoms with Crippen LogP contribution in [-0.4, -0.2) is 26.3 Å². The van der Waals surface area contributed by atoms with Gasteiger partial charge in [-0.1, -0.05) is 13.8 Å². The molecular weight excluding hydrogens is 152 g/mol. The largest absolute Gasteiger partial charge is 0.345 e. The zero-order valence-electron chi connectivity index (χ0n) is 7.10. The first-order valence-electron chi connectivity index (χ1n) is 3.65. The lowest BCUT2D eigenvalue weighted by molar-refractivity contribution is -0.135. The number of hydrogen-bond donors (Lipinski definition) is 1. The fourth-order valence-corrected chi connectivity index (χ4v) is 0.786. The summed E-state index contributed by atoms with van der Waals surface area (Å²) < 4.78 is 27.3. The van der Waals surface area contributed by atoms with Crippen molar-refractivity contribution in [2.45, 2.75) is 26.5 Å². The number of rotatable bonds is 5. The molecule has 0 aliphatic rings. The fourth-order valence-electron chi connectivity index (χ4n) is 0.786. The quantitative estimate of drug-likeness (QED) is 0.669. The van der Waals surface area contributed by atoms with Gasteiger partial charge in [-0.3, -0.25) is 0 Å². The highest BCUT2D eigenvalue weighted by Gasteiger charge is 2.13. The third kappa shape index (κ3) is 5.09. The smallest absolute Gasteiger partial charge is 0.321 e. The molecule has 11 heavy (non-hydrogen) atoms. The molecule has 0 amide bonds. The number of hydrogen-bond acceptors (Lipinski definition) is 2. The molecule has 0 aromatic rings. The molecule has 0 bridgehead atoms. The van der Waals surface area contributed by atoms with Crippen molar-refractivity contribution in [3.8, 4) is 0 Å². The lowest BCUT2D eigenvalue weighted by Gasteiger charge is -2.19. The zero-order valence-corrected chi connectivity index (χ0v) is 7.10. The Morgan fingerprint density at radius 1 is 1.36 bits per heavy atom. The average molecular weight is 167 g/mol. The second kappa shape index (κ2) is 5.43. The minimum absolute atomic E-state index is 0.00370. The summed E-state index contributed by atoms with van der Waals surface area (Å²) in [6, 6.07) is 0.00370. The van der Waals surface area contributed by atoms with E-state index in [9.17, 15) is 8.78 Å². The van der Waals surface area contributed by atoms with Gasteiger partial charge < -0.3 is 10.1 Å². The van der Waals surface area contributed by atoms with E-state index in [-0.39, 0.29) is 12.6 Å². The molecule has 0 fully saturated rings. The van der Waals surface area contributed by atoms with E-state index in [1.165, 1.54) is 0 Å². The number of likely N-dealkylation sites (N-methyl/N-ethyl adjacent to an activating group) is 1. The van der Waals surface area contributed by atoms with Gasteiger partial charge in [-0.25, -0.2) is 0 Å². The second-order valence-corrected chi connectivity index (χ2v) is 2.73. The van der Waals surface area contributed by atoms with Gasteiger partial charge in [0.1, 0.15) is 0 Å². The highest BCUT2D eigenvalue weighted by Crippen LogP contribution is 2.03. The molecule has 2 nitrogen and oxygen atoms in total. The molecule has 1 N–H and O–H groups in total. The third-order valence-electron chi connectivity index (χ3n) is 1.58. The topological polar surface area (TPSA) is 21.3 Å². The molecule has 0 heterocycles. The predicted octanol–water partition coefficient (Wildman–Crippen LogP) is 1.47. The zero-order chi connectivity index (χ0) is 8.85. The maximum Gasteiger partial charge on any atom is 0.345 e. The van der Waals surface area contributed by atoms with Crippen molar-refractivity contribution in [3.63, 3.8) is 0 Å². The second-order valence-electron chi connectivity index (χ2n) is 2.73. The maximum absolute atomic E-state index is 11.5. The van der Waals surface area contributed by atoms with Crippen LogP contribution in [0.5, 0.6) is 0 Å². The first-order chi connectivity index (χ1) is 5.07. The summed E-state index contributed by atoms with van der Waals surface area (Å²) >= 11 is 0. The van der Waals surface area contributed by atoms with E-state index in [4.69, 9.17) is 0 Å². The fraction of sp³-hybridized carbons (Fsp3) is 1.00. The van der Waals surface area contributed by atoms with Crippen LogP contribution in [0, 0.1) is 5.92 Å². The Labute approximate surface area is 65.9 Å². The summed E-state index contributed by atoms with van der Waals surface area (Å²) in [7, 11) is 1.74. The van der Waals surface area contributed by atoms with Crippen molar-refractivity contribution >= 4 is 0 Å². The Kier molecular flexibility index (Phi) is 5.32. The first kappa shape index (κ1) is 10.8. The molecular formula is C7H15F2NO. The van der Waals surface area contributed by atoms with E-state index in [0.717, 1.165) is 0 Å². The van der Waals surface area contributed by atoms with Crippen LogP contribution in [0.15, 0.2) is 0 Å². The summed E-state index contributed by atoms with van der Waals surface area (Å²) in [4.78, 5) is 0. The van der Waals surface area contributed by atoms with Crippen LogP contribution >= 0.6 is 0 Å². The molecule has 1 atom stereocenters. The van der Waals surface area contributed by atoms with Crippen molar-refractivity contribution < 1.29 is 13.5 Å². The number of alkyl halides is 2. The molecule has 0 aliphatic carbocycles. The minimum Gasteiger partial charge on any atom is -0.321 e. The monoisotopic (exact) mass is 167 g/mol. The van der Waals surface area contributed by atoms with Crippen molar-refractivity contribution in [1.29, 1.82) is 0 Å². The van der Waals surface area contributed by atoms with Gasteiger partial charge >= 0.3 is 6.61 Å². The summed E-state index contributed by atoms with van der Waals surface area (Å²) in [5.74, 6) is 0.304. The number of ether oxygens (including phenoxy) is 1. The van der Waals surface area contributed by atoms with Crippen LogP contribution in [0.4, 0.5) is 8.78 Å². The molecule has 0 rings (SSSR count). The minimum atomic E-state index is -2.66. The number of nitrogens with one attached hydrogen (secondary N) is 1. The van der Waals surface area contributed by atoms with E-state index in [1.807, 2.05) is 13.8 Å². The average Bonchev–Trinajstić information content (AvgIpc) is 1.87. The van der Waals surface area contributed by atoms with E-state index in [2.05, 4.69) is 10.1 Å². The Morgan fingerprint density at radius 2 is 1.91 bits per heavy atom. The first-order valence-corrected chi connectivity index (χ1v) is 3.65. The van der Waals surface area contributed by atoms with Gasteiger partial charge in [-0.2, -0.15) is 8.78 Å². The summed E-state index contributed by atoms with van der Waals surface area (Å²) in [6.07, 6.45) is 0. The van der Waals surface area contributed by atoms with Gasteiger partial charge in [0.15, 0.2) is 0 Å². The molecule has 4 heteroatoms. The van der Waals surface area contributed by atoms with Crippen molar-refractivity contribution in [2.24, 2.45) is 5.92 Å². The number of halogens is 2. The standard InChI is InChI=1S/C7H15F2NO/c1-5(2)6(10-3)4-11-7(8)9/h5-7,10H,4H2,1-3H3. The summed E-state index contributed by atoms with van der Waals surface area (Å²) in [6.45, 7) is 1.31. The van der Waals surface area contributed by atoms with Crippen LogP contribution in [0.2, 0.25) is 0 Å². The van der Waals surface area contributed by atoms with Crippen LogP contribution in [0.3, 0.4) is 0 Å². The molecule has 1 unspecified atom stereocenters. The van der Waals surface area contributed by atoms with Gasteiger partial charge in [0, 0.05) is 6.04 Å². The molecule has 0 aliphatic heterocycles. The normalized spacial score (nSPS) is 14.5. The Balaban J connectivity index is 3.52. The predicted molar refractivity (Wildman–Crippen MR) is 39.6 cm³/mol. The van der Waals surface area contributed by atoms with E-state index in [0.29, 0.717) is 5.92 Å². The Bertz CT molecular complexity index is 98.4. The van der Waals surface area contributed by atoms with Gasteiger partial charge in [0.05, 0.1) is 6.61 Å². The SMILES string of the molecule is CNC(COC(F)F)C(C)C. The van der Waals surface area contributed by atoms with Crippen LogP contribution in [0.1, 0.15) is 13.8 Å². The van der Waals surface area contributed by atoms with Crippen LogP contribution < -0.4 is 5.32 Å². The lowest BCUT2D eigenvalue weighted by atomic mass is 10.1. The highest BCUT2D eigenvalue weighted by molar-refractivity contribution is 4.66. The maximum atomic E-state index is 11.5. The molecule has 68 valence electrons. The Hall–Kier alpha value is -0.220. The van der Waals surface area contributed by atoms with Gasteiger partial charge in [0.2, 0.25) is 0 Å². The van der Waals surface area contributed by atoms with Crippen molar-refractivity contribution in [1.82, 2.24) is 5.32 Å². The van der Waals surface area contributed by atoms with E-state index >= 15 is 0 Å². The van der Waals surface area contributed by atoms with Gasteiger partial charge in [-0.15, -0.1) is 0 Å². The molecule has 0 radical (unpaired) electrons. The van der Waals surface area contributed by atoms with Crippen LogP contribution in [0.25, 0.3) is 0 Å². The van der Waals surface area contributed by atoms with Crippen molar-refractivity contribution in [3.05, 3.63) is 0 Å². The highest BCUT2D eigenvalue weighted by atomic mass is 19.3. The molecule has 0 aromatic heterocycles. The third-order valence-corrected chi connectivity index (χ3v) is 1.58.